The van der Waals surface area contributed by atoms with Crippen LogP contribution < -0.4 is 0 Å². The number of hydrogen-bond donors (Lipinski definition) is 0. The van der Waals surface area contributed by atoms with Crippen LogP contribution in [0.4, 0.5) is 0 Å². The summed E-state index contributed by atoms with van der Waals surface area (Å²) >= 11 is 0. The van der Waals surface area contributed by atoms with Crippen LogP contribution in [0, 0.1) is 11.8 Å². The molecule has 0 spiro atoms. The molecule has 1 fully saturated rings. The minimum absolute atomic E-state index is 0.675. The lowest BCUT2D eigenvalue weighted by atomic mass is 9.93. The first-order chi connectivity index (χ1) is 4.84. The van der Waals surface area contributed by atoms with Gasteiger partial charge in [0.05, 0.1) is 13.2 Å². The first kappa shape index (κ1) is 8.02. The van der Waals surface area contributed by atoms with Crippen LogP contribution in [0.25, 0.3) is 0 Å². The maximum atomic E-state index is 5.30. The summed E-state index contributed by atoms with van der Waals surface area (Å²) in [5.74, 6) is 1.43. The molecule has 2 heteroatoms. The molecule has 10 heavy (non-hydrogen) atoms. The van der Waals surface area contributed by atoms with Gasteiger partial charge in [0.15, 0.2) is 0 Å². The van der Waals surface area contributed by atoms with Gasteiger partial charge in [-0.1, -0.05) is 6.92 Å². The molecule has 1 rings (SSSR count). The molecule has 0 bridgehead atoms. The Hall–Kier alpha value is -0.0800. The number of rotatable bonds is 4. The van der Waals surface area contributed by atoms with Crippen LogP contribution in [0.15, 0.2) is 0 Å². The van der Waals surface area contributed by atoms with Crippen molar-refractivity contribution < 1.29 is 9.47 Å². The molecule has 1 atom stereocenters. The van der Waals surface area contributed by atoms with Crippen LogP contribution in [-0.4, -0.2) is 26.4 Å². The zero-order valence-electron chi connectivity index (χ0n) is 6.80. The van der Waals surface area contributed by atoms with Crippen LogP contribution in [0.1, 0.15) is 13.8 Å². The lowest BCUT2D eigenvalue weighted by molar-refractivity contribution is -0.0729. The van der Waals surface area contributed by atoms with Crippen molar-refractivity contribution in [2.45, 2.75) is 13.8 Å². The molecule has 0 amide bonds. The molecule has 1 unspecified atom stereocenters. The Morgan fingerprint density at radius 2 is 2.30 bits per heavy atom. The van der Waals surface area contributed by atoms with Crippen molar-refractivity contribution in [3.63, 3.8) is 0 Å². The molecule has 0 aromatic rings. The molecule has 2 nitrogen and oxygen atoms in total. The van der Waals surface area contributed by atoms with Crippen molar-refractivity contribution in [3.05, 3.63) is 0 Å². The molecule has 0 aromatic carbocycles. The molecule has 1 heterocycles. The van der Waals surface area contributed by atoms with Gasteiger partial charge in [-0.2, -0.15) is 0 Å². The molecule has 0 N–H and O–H groups in total. The highest BCUT2D eigenvalue weighted by atomic mass is 16.5. The monoisotopic (exact) mass is 144 g/mol. The maximum Gasteiger partial charge on any atom is 0.0519 e. The Morgan fingerprint density at radius 3 is 2.70 bits per heavy atom. The zero-order chi connectivity index (χ0) is 7.40. The highest BCUT2D eigenvalue weighted by Crippen LogP contribution is 2.20. The van der Waals surface area contributed by atoms with E-state index in [0.717, 1.165) is 32.3 Å². The first-order valence-corrected chi connectivity index (χ1v) is 4.00. The fraction of sp³-hybridized carbons (Fsp3) is 1.00. The quantitative estimate of drug-likeness (QED) is 0.592. The van der Waals surface area contributed by atoms with Crippen molar-refractivity contribution in [1.29, 1.82) is 0 Å². The Balaban J connectivity index is 2.02. The lowest BCUT2D eigenvalue weighted by Gasteiger charge is -2.31. The molecular weight excluding hydrogens is 128 g/mol. The normalized spacial score (nSPS) is 22.2. The maximum absolute atomic E-state index is 5.30. The highest BCUT2D eigenvalue weighted by molar-refractivity contribution is 4.71. The summed E-state index contributed by atoms with van der Waals surface area (Å²) in [6.45, 7) is 7.86. The average molecular weight is 144 g/mol. The van der Waals surface area contributed by atoms with Crippen LogP contribution in [0.2, 0.25) is 0 Å². The predicted molar refractivity (Wildman–Crippen MR) is 40.0 cm³/mol. The molecule has 0 radical (unpaired) electrons. The predicted octanol–water partition coefficient (Wildman–Crippen LogP) is 1.31. The van der Waals surface area contributed by atoms with E-state index in [1.807, 2.05) is 6.92 Å². The van der Waals surface area contributed by atoms with Gasteiger partial charge in [-0.25, -0.2) is 0 Å². The summed E-state index contributed by atoms with van der Waals surface area (Å²) in [5, 5.41) is 0. The molecule has 1 saturated heterocycles. The van der Waals surface area contributed by atoms with E-state index in [4.69, 9.17) is 9.47 Å². The van der Waals surface area contributed by atoms with E-state index < -0.39 is 0 Å². The van der Waals surface area contributed by atoms with Crippen LogP contribution in [-0.2, 0) is 9.47 Å². The van der Waals surface area contributed by atoms with Crippen LogP contribution in [0.3, 0.4) is 0 Å². The number of ether oxygens (including phenoxy) is 2. The van der Waals surface area contributed by atoms with Crippen molar-refractivity contribution in [2.75, 3.05) is 26.4 Å². The van der Waals surface area contributed by atoms with E-state index in [-0.39, 0.29) is 0 Å². The van der Waals surface area contributed by atoms with Crippen LogP contribution in [0.5, 0.6) is 0 Å². The Kier molecular flexibility index (Phi) is 3.16. The second-order valence-corrected chi connectivity index (χ2v) is 2.93. The van der Waals surface area contributed by atoms with Gasteiger partial charge < -0.3 is 9.47 Å². The molecule has 60 valence electrons. The molecule has 0 saturated carbocycles. The van der Waals surface area contributed by atoms with Crippen molar-refractivity contribution in [2.24, 2.45) is 11.8 Å². The molecule has 1 aliphatic heterocycles. The van der Waals surface area contributed by atoms with E-state index in [9.17, 15) is 0 Å². The summed E-state index contributed by atoms with van der Waals surface area (Å²) in [4.78, 5) is 0. The summed E-state index contributed by atoms with van der Waals surface area (Å²) in [6, 6.07) is 0. The Bertz CT molecular complexity index is 89.3. The third kappa shape index (κ3) is 1.96. The molecule has 0 aliphatic carbocycles. The molecule has 1 aliphatic rings. The SMILES string of the molecule is CCOCC(C)C1COC1. The highest BCUT2D eigenvalue weighted by Gasteiger charge is 2.24. The second-order valence-electron chi connectivity index (χ2n) is 2.93. The van der Waals surface area contributed by atoms with Crippen molar-refractivity contribution >= 4 is 0 Å². The average Bonchev–Trinajstić information content (AvgIpc) is 1.79. The van der Waals surface area contributed by atoms with E-state index in [1.165, 1.54) is 0 Å². The lowest BCUT2D eigenvalue weighted by Crippen LogP contribution is -2.35. The van der Waals surface area contributed by atoms with Gasteiger partial charge >= 0.3 is 0 Å². The number of hydrogen-bond acceptors (Lipinski definition) is 2. The van der Waals surface area contributed by atoms with Crippen LogP contribution >= 0.6 is 0 Å². The minimum atomic E-state index is 0.675. The topological polar surface area (TPSA) is 18.5 Å². The largest absolute Gasteiger partial charge is 0.381 e. The van der Waals surface area contributed by atoms with E-state index in [1.54, 1.807) is 0 Å². The minimum Gasteiger partial charge on any atom is -0.381 e. The third-order valence-electron chi connectivity index (χ3n) is 2.05. The van der Waals surface area contributed by atoms with Gasteiger partial charge in [-0.15, -0.1) is 0 Å². The first-order valence-electron chi connectivity index (χ1n) is 4.00. The van der Waals surface area contributed by atoms with Gasteiger partial charge in [-0.05, 0) is 12.8 Å². The van der Waals surface area contributed by atoms with E-state index in [0.29, 0.717) is 5.92 Å². The van der Waals surface area contributed by atoms with Gasteiger partial charge in [0.2, 0.25) is 0 Å². The van der Waals surface area contributed by atoms with E-state index >= 15 is 0 Å². The fourth-order valence-electron chi connectivity index (χ4n) is 1.02. The van der Waals surface area contributed by atoms with Crippen molar-refractivity contribution in [3.8, 4) is 0 Å². The molecule has 0 aromatic heterocycles. The van der Waals surface area contributed by atoms with Gasteiger partial charge in [-0.3, -0.25) is 0 Å². The third-order valence-corrected chi connectivity index (χ3v) is 2.05. The van der Waals surface area contributed by atoms with Gasteiger partial charge in [0.25, 0.3) is 0 Å². The van der Waals surface area contributed by atoms with Crippen molar-refractivity contribution in [1.82, 2.24) is 0 Å². The summed E-state index contributed by atoms with van der Waals surface area (Å²) in [6.07, 6.45) is 0. The Labute approximate surface area is 62.5 Å². The summed E-state index contributed by atoms with van der Waals surface area (Å²) in [5.41, 5.74) is 0. The Morgan fingerprint density at radius 1 is 1.60 bits per heavy atom. The molecular formula is C8H16O2. The smallest absolute Gasteiger partial charge is 0.0519 e. The summed E-state index contributed by atoms with van der Waals surface area (Å²) in [7, 11) is 0. The summed E-state index contributed by atoms with van der Waals surface area (Å²) < 4.78 is 10.4. The van der Waals surface area contributed by atoms with Gasteiger partial charge in [0, 0.05) is 19.1 Å². The second kappa shape index (κ2) is 3.94. The standard InChI is InChI=1S/C8H16O2/c1-3-9-4-7(2)8-5-10-6-8/h7-8H,3-6H2,1-2H3. The zero-order valence-corrected chi connectivity index (χ0v) is 6.80. The van der Waals surface area contributed by atoms with Gasteiger partial charge in [0.1, 0.15) is 0 Å². The van der Waals surface area contributed by atoms with E-state index in [2.05, 4.69) is 6.92 Å². The fourth-order valence-corrected chi connectivity index (χ4v) is 1.02.